The van der Waals surface area contributed by atoms with Crippen LogP contribution >= 0.6 is 11.8 Å². The molecule has 0 bridgehead atoms. The van der Waals surface area contributed by atoms with Gasteiger partial charge in [-0.1, -0.05) is 36.9 Å². The van der Waals surface area contributed by atoms with E-state index < -0.39 is 10.8 Å². The highest BCUT2D eigenvalue weighted by Gasteiger charge is 2.18. The first kappa shape index (κ1) is 23.0. The average molecular weight is 454 g/mol. The molecule has 1 atom stereocenters. The minimum atomic E-state index is -0.538. The minimum Gasteiger partial charge on any atom is -0.497 e. The second-order valence-electron chi connectivity index (χ2n) is 6.73. The highest BCUT2D eigenvalue weighted by atomic mass is 32.2. The van der Waals surface area contributed by atoms with Gasteiger partial charge in [0.15, 0.2) is 10.9 Å². The first-order chi connectivity index (χ1) is 15.4. The molecule has 3 rings (SSSR count). The van der Waals surface area contributed by atoms with Gasteiger partial charge in [0.2, 0.25) is 11.8 Å². The lowest BCUT2D eigenvalue weighted by Crippen LogP contribution is -2.23. The molecule has 1 aromatic heterocycles. The summed E-state index contributed by atoms with van der Waals surface area (Å²) in [4.78, 5) is 39.6. The molecule has 0 spiro atoms. The molecule has 0 saturated heterocycles. The number of benzene rings is 2. The standard InChI is InChI=1S/C22H23N5O4S/c1-4-18(28)24-17-8-6-5-7-16(17)19-21(30)25-22(27-26-19)32-13(2)20(29)23-14-9-11-15(31-3)12-10-14/h5-13H,4H2,1-3H3,(H,23,29)(H,24,28)(H,25,27,30)/t13-/m1/s1. The second-order valence-corrected chi connectivity index (χ2v) is 8.06. The summed E-state index contributed by atoms with van der Waals surface area (Å²) in [6, 6.07) is 13.8. The number of H-pyrrole nitrogens is 1. The molecule has 2 aromatic carbocycles. The van der Waals surface area contributed by atoms with Crippen molar-refractivity contribution in [3.63, 3.8) is 0 Å². The molecule has 0 aliphatic carbocycles. The Morgan fingerprint density at radius 1 is 1.09 bits per heavy atom. The van der Waals surface area contributed by atoms with Gasteiger partial charge in [-0.05, 0) is 37.3 Å². The Balaban J connectivity index is 1.72. The maximum atomic E-state index is 12.7. The number of carbonyl (C=O) groups is 2. The number of hydrogen-bond donors (Lipinski definition) is 3. The van der Waals surface area contributed by atoms with Crippen LogP contribution in [0.3, 0.4) is 0 Å². The van der Waals surface area contributed by atoms with Gasteiger partial charge in [-0.2, -0.15) is 0 Å². The summed E-state index contributed by atoms with van der Waals surface area (Å²) in [6.45, 7) is 3.44. The van der Waals surface area contributed by atoms with Crippen molar-refractivity contribution in [1.29, 1.82) is 0 Å². The Bertz CT molecular complexity index is 1160. The molecule has 3 N–H and O–H groups in total. The fourth-order valence-corrected chi connectivity index (χ4v) is 3.47. The zero-order valence-corrected chi connectivity index (χ0v) is 18.7. The number of hydrogen-bond acceptors (Lipinski definition) is 7. The van der Waals surface area contributed by atoms with Crippen molar-refractivity contribution >= 4 is 35.0 Å². The molecule has 32 heavy (non-hydrogen) atoms. The fourth-order valence-electron chi connectivity index (χ4n) is 2.73. The summed E-state index contributed by atoms with van der Waals surface area (Å²) in [5.74, 6) is 0.263. The number of nitrogens with zero attached hydrogens (tertiary/aromatic N) is 2. The molecule has 0 saturated carbocycles. The third kappa shape index (κ3) is 5.73. The lowest BCUT2D eigenvalue weighted by Gasteiger charge is -2.12. The summed E-state index contributed by atoms with van der Waals surface area (Å²) in [5, 5.41) is 13.3. The maximum Gasteiger partial charge on any atom is 0.278 e. The highest BCUT2D eigenvalue weighted by molar-refractivity contribution is 8.00. The molecule has 0 aliphatic heterocycles. The lowest BCUT2D eigenvalue weighted by atomic mass is 10.1. The maximum absolute atomic E-state index is 12.7. The van der Waals surface area contributed by atoms with Crippen LogP contribution in [0.1, 0.15) is 20.3 Å². The molecular formula is C22H23N5O4S. The second kappa shape index (κ2) is 10.6. The van der Waals surface area contributed by atoms with Crippen LogP contribution in [0.2, 0.25) is 0 Å². The van der Waals surface area contributed by atoms with E-state index in [1.54, 1.807) is 69.5 Å². The molecule has 2 amide bonds. The van der Waals surface area contributed by atoms with E-state index in [1.165, 1.54) is 0 Å². The van der Waals surface area contributed by atoms with Crippen LogP contribution in [-0.4, -0.2) is 39.4 Å². The average Bonchev–Trinajstić information content (AvgIpc) is 2.80. The number of rotatable bonds is 8. The van der Waals surface area contributed by atoms with Gasteiger partial charge < -0.3 is 15.4 Å². The number of thioether (sulfide) groups is 1. The smallest absolute Gasteiger partial charge is 0.278 e. The van der Waals surface area contributed by atoms with Crippen LogP contribution in [-0.2, 0) is 9.59 Å². The molecular weight excluding hydrogens is 430 g/mol. The zero-order chi connectivity index (χ0) is 23.1. The number of carbonyl (C=O) groups excluding carboxylic acids is 2. The Kier molecular flexibility index (Phi) is 7.61. The molecule has 166 valence electrons. The number of para-hydroxylation sites is 1. The molecule has 1 heterocycles. The van der Waals surface area contributed by atoms with Gasteiger partial charge in [-0.3, -0.25) is 19.4 Å². The van der Waals surface area contributed by atoms with Crippen LogP contribution in [0.4, 0.5) is 11.4 Å². The minimum absolute atomic E-state index is 0.0803. The number of methoxy groups -OCH3 is 1. The molecule has 0 aliphatic rings. The topological polar surface area (TPSA) is 126 Å². The summed E-state index contributed by atoms with van der Waals surface area (Å²) >= 11 is 1.08. The van der Waals surface area contributed by atoms with Gasteiger partial charge >= 0.3 is 0 Å². The number of aromatic nitrogens is 3. The van der Waals surface area contributed by atoms with E-state index in [0.29, 0.717) is 29.1 Å². The van der Waals surface area contributed by atoms with Gasteiger partial charge in [-0.15, -0.1) is 10.2 Å². The Labute approximate surface area is 189 Å². The van der Waals surface area contributed by atoms with E-state index in [2.05, 4.69) is 25.8 Å². The zero-order valence-electron chi connectivity index (χ0n) is 17.8. The molecule has 9 nitrogen and oxygen atoms in total. The molecule has 0 fully saturated rings. The number of ether oxygens (including phenoxy) is 1. The van der Waals surface area contributed by atoms with Gasteiger partial charge in [0.05, 0.1) is 18.0 Å². The normalized spacial score (nSPS) is 11.5. The van der Waals surface area contributed by atoms with Gasteiger partial charge in [0, 0.05) is 17.7 Å². The fraction of sp³-hybridized carbons (Fsp3) is 0.227. The summed E-state index contributed by atoms with van der Waals surface area (Å²) in [6.07, 6.45) is 0.308. The molecule has 0 unspecified atom stereocenters. The first-order valence-electron chi connectivity index (χ1n) is 9.89. The van der Waals surface area contributed by atoms with Crippen molar-refractivity contribution in [3.8, 4) is 17.0 Å². The van der Waals surface area contributed by atoms with Crippen LogP contribution in [0.25, 0.3) is 11.3 Å². The number of anilines is 2. The Morgan fingerprint density at radius 2 is 1.81 bits per heavy atom. The number of amides is 2. The first-order valence-corrected chi connectivity index (χ1v) is 10.8. The van der Waals surface area contributed by atoms with Crippen LogP contribution < -0.4 is 20.9 Å². The molecule has 0 radical (unpaired) electrons. The van der Waals surface area contributed by atoms with Crippen LogP contribution in [0.5, 0.6) is 5.75 Å². The third-order valence-corrected chi connectivity index (χ3v) is 5.44. The predicted octanol–water partition coefficient (Wildman–Crippen LogP) is 3.31. The van der Waals surface area contributed by atoms with Crippen molar-refractivity contribution < 1.29 is 14.3 Å². The predicted molar refractivity (Wildman–Crippen MR) is 124 cm³/mol. The van der Waals surface area contributed by atoms with Crippen LogP contribution in [0, 0.1) is 0 Å². The van der Waals surface area contributed by atoms with Crippen molar-refractivity contribution in [2.75, 3.05) is 17.7 Å². The van der Waals surface area contributed by atoms with Crippen molar-refractivity contribution in [1.82, 2.24) is 15.2 Å². The van der Waals surface area contributed by atoms with Crippen molar-refractivity contribution in [2.45, 2.75) is 30.7 Å². The van der Waals surface area contributed by atoms with Gasteiger partial charge in [0.1, 0.15) is 5.75 Å². The van der Waals surface area contributed by atoms with E-state index in [4.69, 9.17) is 4.74 Å². The van der Waals surface area contributed by atoms with E-state index in [1.807, 2.05) is 0 Å². The van der Waals surface area contributed by atoms with E-state index in [0.717, 1.165) is 11.8 Å². The summed E-state index contributed by atoms with van der Waals surface area (Å²) in [7, 11) is 1.57. The largest absolute Gasteiger partial charge is 0.497 e. The number of nitrogens with one attached hydrogen (secondary N) is 3. The molecule has 3 aromatic rings. The van der Waals surface area contributed by atoms with Gasteiger partial charge in [0.25, 0.3) is 5.56 Å². The quantitative estimate of drug-likeness (QED) is 0.447. The molecule has 10 heteroatoms. The third-order valence-electron chi connectivity index (χ3n) is 4.47. The Morgan fingerprint density at radius 3 is 2.47 bits per heavy atom. The summed E-state index contributed by atoms with van der Waals surface area (Å²) in [5.41, 5.74) is 1.18. The summed E-state index contributed by atoms with van der Waals surface area (Å²) < 4.78 is 5.10. The monoisotopic (exact) mass is 453 g/mol. The van der Waals surface area contributed by atoms with E-state index >= 15 is 0 Å². The van der Waals surface area contributed by atoms with Crippen molar-refractivity contribution in [2.24, 2.45) is 0 Å². The Hall–Kier alpha value is -3.66. The SMILES string of the molecule is CCC(=O)Nc1ccccc1-c1nnc(S[C@H](C)C(=O)Nc2ccc(OC)cc2)[nH]c1=O. The lowest BCUT2D eigenvalue weighted by molar-refractivity contribution is -0.116. The number of aromatic amines is 1. The van der Waals surface area contributed by atoms with Crippen molar-refractivity contribution in [3.05, 3.63) is 58.9 Å². The van der Waals surface area contributed by atoms with E-state index in [-0.39, 0.29) is 22.7 Å². The van der Waals surface area contributed by atoms with Crippen LogP contribution in [0.15, 0.2) is 58.5 Å². The van der Waals surface area contributed by atoms with Gasteiger partial charge in [-0.25, -0.2) is 0 Å². The highest BCUT2D eigenvalue weighted by Crippen LogP contribution is 2.25. The van der Waals surface area contributed by atoms with E-state index in [9.17, 15) is 14.4 Å².